The standard InChI is InChI=1S/C25H33N3O3/c1-18(2)15-20-17-31-23-10-6-5-9-22(23)24(29)27(4)13-7-8-14-28(20)25(30)21-11-12-26-16-19(21)3/h5-6,9-12,16,18,20H,7-8,13-15,17H2,1-4H3/t20-/m0/s1. The summed E-state index contributed by atoms with van der Waals surface area (Å²) in [6.45, 7) is 7.85. The molecule has 0 bridgehead atoms. The summed E-state index contributed by atoms with van der Waals surface area (Å²) in [4.78, 5) is 34.3. The van der Waals surface area contributed by atoms with Crippen LogP contribution in [0.1, 0.15) is 59.4 Å². The number of aryl methyl sites for hydroxylation is 1. The predicted molar refractivity (Wildman–Crippen MR) is 121 cm³/mol. The molecule has 1 aliphatic rings. The van der Waals surface area contributed by atoms with Crippen LogP contribution in [-0.4, -0.2) is 59.4 Å². The first-order valence-corrected chi connectivity index (χ1v) is 11.1. The van der Waals surface area contributed by atoms with E-state index in [1.54, 1.807) is 29.4 Å². The minimum Gasteiger partial charge on any atom is -0.491 e. The van der Waals surface area contributed by atoms with Gasteiger partial charge in [-0.05, 0) is 55.9 Å². The van der Waals surface area contributed by atoms with Crippen molar-refractivity contribution in [1.82, 2.24) is 14.8 Å². The fourth-order valence-electron chi connectivity index (χ4n) is 4.04. The number of carbonyl (C=O) groups excluding carboxylic acids is 2. The number of nitrogens with zero attached hydrogens (tertiary/aromatic N) is 3. The molecule has 1 aliphatic heterocycles. The van der Waals surface area contributed by atoms with E-state index in [4.69, 9.17) is 4.74 Å². The van der Waals surface area contributed by atoms with Crippen molar-refractivity contribution in [3.63, 3.8) is 0 Å². The van der Waals surface area contributed by atoms with Gasteiger partial charge in [0.15, 0.2) is 0 Å². The van der Waals surface area contributed by atoms with Crippen LogP contribution in [0, 0.1) is 12.8 Å². The highest BCUT2D eigenvalue weighted by molar-refractivity contribution is 5.97. The van der Waals surface area contributed by atoms with Crippen LogP contribution in [0.5, 0.6) is 5.75 Å². The third kappa shape index (κ3) is 5.63. The van der Waals surface area contributed by atoms with Gasteiger partial charge in [-0.2, -0.15) is 0 Å². The van der Waals surface area contributed by atoms with Gasteiger partial charge in [-0.25, -0.2) is 0 Å². The van der Waals surface area contributed by atoms with Crippen LogP contribution in [0.2, 0.25) is 0 Å². The van der Waals surface area contributed by atoms with E-state index in [1.165, 1.54) is 0 Å². The van der Waals surface area contributed by atoms with Gasteiger partial charge in [0.2, 0.25) is 0 Å². The summed E-state index contributed by atoms with van der Waals surface area (Å²) < 4.78 is 6.19. The van der Waals surface area contributed by atoms with E-state index in [0.717, 1.165) is 24.8 Å². The first kappa shape index (κ1) is 22.8. The van der Waals surface area contributed by atoms with Crippen molar-refractivity contribution in [2.24, 2.45) is 5.92 Å². The number of fused-ring (bicyclic) bond motifs is 1. The van der Waals surface area contributed by atoms with Crippen LogP contribution in [0.15, 0.2) is 42.7 Å². The van der Waals surface area contributed by atoms with E-state index in [0.29, 0.717) is 42.5 Å². The van der Waals surface area contributed by atoms with Gasteiger partial charge in [0.25, 0.3) is 11.8 Å². The van der Waals surface area contributed by atoms with Crippen molar-refractivity contribution in [3.05, 3.63) is 59.4 Å². The fourth-order valence-corrected chi connectivity index (χ4v) is 4.04. The van der Waals surface area contributed by atoms with Crippen molar-refractivity contribution in [3.8, 4) is 5.75 Å². The molecule has 31 heavy (non-hydrogen) atoms. The zero-order valence-corrected chi connectivity index (χ0v) is 19.0. The Morgan fingerprint density at radius 1 is 1.19 bits per heavy atom. The molecule has 6 heteroatoms. The summed E-state index contributed by atoms with van der Waals surface area (Å²) in [5, 5.41) is 0. The van der Waals surface area contributed by atoms with E-state index in [9.17, 15) is 9.59 Å². The molecule has 6 nitrogen and oxygen atoms in total. The zero-order chi connectivity index (χ0) is 22.4. The summed E-state index contributed by atoms with van der Waals surface area (Å²) >= 11 is 0. The lowest BCUT2D eigenvalue weighted by atomic mass is 10.0. The van der Waals surface area contributed by atoms with Crippen LogP contribution in [0.4, 0.5) is 0 Å². The van der Waals surface area contributed by atoms with Crippen molar-refractivity contribution in [2.45, 2.75) is 46.1 Å². The van der Waals surface area contributed by atoms with Crippen LogP contribution in [0.3, 0.4) is 0 Å². The Morgan fingerprint density at radius 3 is 2.68 bits per heavy atom. The number of benzene rings is 1. The van der Waals surface area contributed by atoms with Gasteiger partial charge >= 0.3 is 0 Å². The quantitative estimate of drug-likeness (QED) is 0.743. The second-order valence-corrected chi connectivity index (χ2v) is 8.71. The van der Waals surface area contributed by atoms with Crippen LogP contribution < -0.4 is 4.74 Å². The molecule has 1 aromatic carbocycles. The molecule has 0 aliphatic carbocycles. The summed E-state index contributed by atoms with van der Waals surface area (Å²) in [6, 6.07) is 9.08. The van der Waals surface area contributed by atoms with Gasteiger partial charge in [-0.3, -0.25) is 14.6 Å². The molecule has 0 unspecified atom stereocenters. The van der Waals surface area contributed by atoms with Gasteiger partial charge in [0.05, 0.1) is 11.6 Å². The molecule has 1 atom stereocenters. The zero-order valence-electron chi connectivity index (χ0n) is 19.0. The first-order valence-electron chi connectivity index (χ1n) is 11.1. The maximum atomic E-state index is 13.6. The number of para-hydroxylation sites is 1. The Bertz CT molecular complexity index is 912. The van der Waals surface area contributed by atoms with Crippen LogP contribution >= 0.6 is 0 Å². The van der Waals surface area contributed by atoms with E-state index in [2.05, 4.69) is 18.8 Å². The summed E-state index contributed by atoms with van der Waals surface area (Å²) in [5.74, 6) is 0.959. The highest BCUT2D eigenvalue weighted by Gasteiger charge is 2.28. The van der Waals surface area contributed by atoms with Crippen LogP contribution in [0.25, 0.3) is 0 Å². The van der Waals surface area contributed by atoms with Gasteiger partial charge < -0.3 is 14.5 Å². The number of rotatable bonds is 3. The minimum absolute atomic E-state index is 0.0175. The lowest BCUT2D eigenvalue weighted by molar-refractivity contribution is 0.0558. The lowest BCUT2D eigenvalue weighted by Crippen LogP contribution is -2.45. The molecule has 0 N–H and O–H groups in total. The topological polar surface area (TPSA) is 62.7 Å². The van der Waals surface area contributed by atoms with Crippen LogP contribution in [-0.2, 0) is 0 Å². The molecule has 0 spiro atoms. The number of hydrogen-bond acceptors (Lipinski definition) is 4. The number of hydrogen-bond donors (Lipinski definition) is 0. The number of aromatic nitrogens is 1. The first-order chi connectivity index (χ1) is 14.9. The van der Waals surface area contributed by atoms with E-state index >= 15 is 0 Å². The smallest absolute Gasteiger partial charge is 0.257 e. The molecule has 1 aromatic heterocycles. The molecular formula is C25H33N3O3. The summed E-state index contributed by atoms with van der Waals surface area (Å²) in [5.41, 5.74) is 2.12. The van der Waals surface area contributed by atoms with Gasteiger partial charge in [0.1, 0.15) is 12.4 Å². The monoisotopic (exact) mass is 423 g/mol. The molecule has 0 saturated heterocycles. The second kappa shape index (κ2) is 10.4. The molecule has 2 amide bonds. The fraction of sp³-hybridized carbons (Fsp3) is 0.480. The Labute approximate surface area is 185 Å². The molecule has 2 heterocycles. The molecule has 0 fully saturated rings. The minimum atomic E-state index is -0.0830. The second-order valence-electron chi connectivity index (χ2n) is 8.71. The maximum Gasteiger partial charge on any atom is 0.257 e. The Balaban J connectivity index is 1.95. The Kier molecular flexibility index (Phi) is 7.66. The van der Waals surface area contributed by atoms with E-state index in [-0.39, 0.29) is 17.9 Å². The lowest BCUT2D eigenvalue weighted by Gasteiger charge is -2.34. The normalized spacial score (nSPS) is 18.1. The number of ether oxygens (including phenoxy) is 1. The molecule has 0 radical (unpaired) electrons. The average molecular weight is 424 g/mol. The number of pyridine rings is 1. The van der Waals surface area contributed by atoms with E-state index in [1.807, 2.05) is 37.1 Å². The molecule has 0 saturated carbocycles. The van der Waals surface area contributed by atoms with Gasteiger partial charge in [-0.1, -0.05) is 26.0 Å². The molecule has 2 aromatic rings. The number of amides is 2. The van der Waals surface area contributed by atoms with E-state index < -0.39 is 0 Å². The largest absolute Gasteiger partial charge is 0.491 e. The Morgan fingerprint density at radius 2 is 1.94 bits per heavy atom. The third-order valence-corrected chi connectivity index (χ3v) is 5.73. The van der Waals surface area contributed by atoms with Crippen molar-refractivity contribution in [2.75, 3.05) is 26.7 Å². The van der Waals surface area contributed by atoms with Gasteiger partial charge in [0, 0.05) is 38.1 Å². The summed E-state index contributed by atoms with van der Waals surface area (Å²) in [7, 11) is 1.82. The van der Waals surface area contributed by atoms with Crippen molar-refractivity contribution < 1.29 is 14.3 Å². The predicted octanol–water partition coefficient (Wildman–Crippen LogP) is 4.19. The van der Waals surface area contributed by atoms with Crippen molar-refractivity contribution in [1.29, 1.82) is 0 Å². The van der Waals surface area contributed by atoms with Crippen molar-refractivity contribution >= 4 is 11.8 Å². The molecule has 3 rings (SSSR count). The van der Waals surface area contributed by atoms with Gasteiger partial charge in [-0.15, -0.1) is 0 Å². The highest BCUT2D eigenvalue weighted by Crippen LogP contribution is 2.24. The average Bonchev–Trinajstić information content (AvgIpc) is 2.75. The summed E-state index contributed by atoms with van der Waals surface area (Å²) in [6.07, 6.45) is 5.88. The SMILES string of the molecule is Cc1cnccc1C(=O)N1CCCCN(C)C(=O)c2ccccc2OC[C@@H]1CC(C)C. The highest BCUT2D eigenvalue weighted by atomic mass is 16.5. The maximum absolute atomic E-state index is 13.6. The molecular weight excluding hydrogens is 390 g/mol. The third-order valence-electron chi connectivity index (χ3n) is 5.73. The Hall–Kier alpha value is -2.89. The molecule has 166 valence electrons. The number of carbonyl (C=O) groups is 2.